The lowest BCUT2D eigenvalue weighted by atomic mass is 9.98. The van der Waals surface area contributed by atoms with Crippen LogP contribution in [0.4, 0.5) is 4.79 Å². The highest BCUT2D eigenvalue weighted by Crippen LogP contribution is 2.57. The molecule has 51 heavy (non-hydrogen) atoms. The first kappa shape index (κ1) is 32.0. The van der Waals surface area contributed by atoms with Crippen molar-refractivity contribution >= 4 is 55.6 Å². The molecular weight excluding hydrogens is 640 g/mol. The number of nitrogens with one attached hydrogen (secondary N) is 3. The van der Waals surface area contributed by atoms with Crippen molar-refractivity contribution in [3.8, 4) is 11.1 Å². The smallest absolute Gasteiger partial charge is 0.407 e. The number of likely N-dealkylation sites (tertiary alicyclic amines) is 1. The summed E-state index contributed by atoms with van der Waals surface area (Å²) in [7, 11) is 2.99. The van der Waals surface area contributed by atoms with Crippen LogP contribution in [-0.4, -0.2) is 70.2 Å². The number of H-pyrrole nitrogens is 2. The molecule has 2 unspecified atom stereocenters. The molecule has 2 aliphatic carbocycles. The average molecular weight is 685 g/mol. The van der Waals surface area contributed by atoms with Crippen molar-refractivity contribution < 1.29 is 19.1 Å². The lowest BCUT2D eigenvalue weighted by Crippen LogP contribution is -2.51. The second-order valence-electron chi connectivity index (χ2n) is 15.4. The zero-order valence-corrected chi connectivity index (χ0v) is 29.5. The van der Waals surface area contributed by atoms with E-state index < -0.39 is 12.1 Å². The van der Waals surface area contributed by atoms with Gasteiger partial charge in [0, 0.05) is 36.3 Å². The number of nitrogens with zero attached hydrogens (tertiary/aromatic N) is 3. The molecule has 3 fully saturated rings. The lowest BCUT2D eigenvalue weighted by Gasteiger charge is -2.30. The number of fused-ring (bicyclic) bond motifs is 7. The van der Waals surface area contributed by atoms with Gasteiger partial charge in [-0.3, -0.25) is 4.79 Å². The Kier molecular flexibility index (Phi) is 7.76. The third-order valence-corrected chi connectivity index (χ3v) is 11.7. The van der Waals surface area contributed by atoms with Crippen LogP contribution in [0.2, 0.25) is 0 Å². The van der Waals surface area contributed by atoms with Crippen molar-refractivity contribution in [2.45, 2.75) is 57.5 Å². The standard InChI is InChI=1S/C41H44N6O4/c1-21(2)35(46-41(49)51-4)40(48)47-19-22(20-50-3)13-34(47)39-43-33-12-8-26-15-24(6-10-31(26)37(33)45-39)23-5-9-30-25(14-23)7-11-32-36(30)44-38(42-32)29-17-27-16-28(27)18-29/h5-12,14-15,21-22,27-29,34-35H,13,16-20H2,1-4H3,(H,42,44)(H,43,45)(H,46,49)/t22-,27-,28?,29?,34-,35-/m0/s1. The molecule has 9 rings (SSSR count). The molecule has 1 saturated heterocycles. The maximum absolute atomic E-state index is 14.0. The first-order valence-electron chi connectivity index (χ1n) is 18.3. The number of hydrogen-bond donors (Lipinski definition) is 3. The molecule has 3 N–H and O–H groups in total. The molecule has 0 spiro atoms. The van der Waals surface area contributed by atoms with Gasteiger partial charge >= 0.3 is 6.09 Å². The van der Waals surface area contributed by atoms with E-state index >= 15 is 0 Å². The van der Waals surface area contributed by atoms with E-state index in [0.717, 1.165) is 67.5 Å². The molecule has 0 bridgehead atoms. The predicted molar refractivity (Wildman–Crippen MR) is 198 cm³/mol. The lowest BCUT2D eigenvalue weighted by molar-refractivity contribution is -0.135. The molecule has 2 saturated carbocycles. The van der Waals surface area contributed by atoms with Gasteiger partial charge < -0.3 is 29.7 Å². The van der Waals surface area contributed by atoms with Crippen LogP contribution >= 0.6 is 0 Å². The van der Waals surface area contributed by atoms with E-state index in [1.54, 1.807) is 7.11 Å². The molecule has 6 aromatic rings. The molecule has 2 aromatic heterocycles. The number of benzene rings is 4. The Bertz CT molecular complexity index is 2320. The predicted octanol–water partition coefficient (Wildman–Crippen LogP) is 7.84. The van der Waals surface area contributed by atoms with Gasteiger partial charge in [-0.1, -0.05) is 50.2 Å². The first-order chi connectivity index (χ1) is 24.8. The normalized spacial score (nSPS) is 23.5. The SMILES string of the molecule is COC[C@H]1C[C@@H](c2nc3c(ccc4cc(-c5ccc6c(ccc7[nH]c(C8CC9C[C@H]9C8)nc76)c5)ccc43)[nH]2)N(C(=O)[C@@H](NC(=O)OC)C(C)C)C1. The summed E-state index contributed by atoms with van der Waals surface area (Å²) < 4.78 is 10.3. The van der Waals surface area contributed by atoms with Gasteiger partial charge in [0.05, 0.1) is 41.8 Å². The summed E-state index contributed by atoms with van der Waals surface area (Å²) in [4.78, 5) is 45.4. The quantitative estimate of drug-likeness (QED) is 0.150. The van der Waals surface area contributed by atoms with Gasteiger partial charge in [-0.15, -0.1) is 0 Å². The highest BCUT2D eigenvalue weighted by Gasteiger charge is 2.47. The third kappa shape index (κ3) is 5.60. The van der Waals surface area contributed by atoms with Crippen molar-refractivity contribution in [1.29, 1.82) is 0 Å². The third-order valence-electron chi connectivity index (χ3n) is 11.7. The Morgan fingerprint density at radius 3 is 2.02 bits per heavy atom. The minimum atomic E-state index is -0.717. The summed E-state index contributed by atoms with van der Waals surface area (Å²) in [6.45, 7) is 4.89. The van der Waals surface area contributed by atoms with Crippen LogP contribution in [0.5, 0.6) is 0 Å². The fraction of sp³-hybridized carbons (Fsp3) is 0.415. The van der Waals surface area contributed by atoms with Crippen molar-refractivity contribution in [2.24, 2.45) is 23.7 Å². The van der Waals surface area contributed by atoms with Crippen molar-refractivity contribution in [3.63, 3.8) is 0 Å². The van der Waals surface area contributed by atoms with Crippen molar-refractivity contribution in [3.05, 3.63) is 72.3 Å². The minimum absolute atomic E-state index is 0.124. The van der Waals surface area contributed by atoms with Crippen LogP contribution < -0.4 is 5.32 Å². The molecule has 10 heteroatoms. The second-order valence-corrected chi connectivity index (χ2v) is 15.4. The van der Waals surface area contributed by atoms with Crippen LogP contribution in [0.25, 0.3) is 54.7 Å². The average Bonchev–Trinajstić information content (AvgIpc) is 3.63. The van der Waals surface area contributed by atoms with E-state index in [-0.39, 0.29) is 23.8 Å². The van der Waals surface area contributed by atoms with Crippen LogP contribution in [0.15, 0.2) is 60.7 Å². The summed E-state index contributed by atoms with van der Waals surface area (Å²) in [6, 6.07) is 20.8. The van der Waals surface area contributed by atoms with E-state index in [2.05, 4.69) is 75.9 Å². The fourth-order valence-electron chi connectivity index (χ4n) is 8.95. The number of methoxy groups -OCH3 is 2. The van der Waals surface area contributed by atoms with Crippen LogP contribution in [0, 0.1) is 23.7 Å². The zero-order valence-electron chi connectivity index (χ0n) is 29.5. The van der Waals surface area contributed by atoms with Gasteiger partial charge in [0.1, 0.15) is 17.7 Å². The molecule has 4 aromatic carbocycles. The van der Waals surface area contributed by atoms with Crippen LogP contribution in [0.1, 0.15) is 63.1 Å². The van der Waals surface area contributed by atoms with Crippen molar-refractivity contribution in [1.82, 2.24) is 30.2 Å². The summed E-state index contributed by atoms with van der Waals surface area (Å²) in [5.41, 5.74) is 6.28. The fourth-order valence-corrected chi connectivity index (χ4v) is 8.95. The van der Waals surface area contributed by atoms with Gasteiger partial charge in [0.2, 0.25) is 5.91 Å². The number of carbonyl (C=O) groups excluding carboxylic acids is 2. The van der Waals surface area contributed by atoms with E-state index in [9.17, 15) is 9.59 Å². The number of ether oxygens (including phenoxy) is 2. The molecule has 10 nitrogen and oxygen atoms in total. The van der Waals surface area contributed by atoms with Gasteiger partial charge in [-0.05, 0) is 89.6 Å². The summed E-state index contributed by atoms with van der Waals surface area (Å²) in [5, 5.41) is 7.25. The molecule has 6 atom stereocenters. The Balaban J connectivity index is 1.02. The second kappa shape index (κ2) is 12.4. The molecule has 2 amide bonds. The van der Waals surface area contributed by atoms with Crippen LogP contribution in [0.3, 0.4) is 0 Å². The van der Waals surface area contributed by atoms with Gasteiger partial charge in [0.25, 0.3) is 0 Å². The first-order valence-corrected chi connectivity index (χ1v) is 18.3. The summed E-state index contributed by atoms with van der Waals surface area (Å²) in [6.07, 6.45) is 4.06. The van der Waals surface area contributed by atoms with Gasteiger partial charge in [-0.2, -0.15) is 0 Å². The topological polar surface area (TPSA) is 125 Å². The summed E-state index contributed by atoms with van der Waals surface area (Å²) in [5.74, 6) is 4.20. The largest absolute Gasteiger partial charge is 0.453 e. The molecule has 1 aliphatic heterocycles. The van der Waals surface area contributed by atoms with Crippen LogP contribution in [-0.2, 0) is 14.3 Å². The Morgan fingerprint density at radius 1 is 0.824 bits per heavy atom. The number of aromatic nitrogens is 4. The molecular formula is C41H44N6O4. The molecule has 0 radical (unpaired) electrons. The molecule has 262 valence electrons. The summed E-state index contributed by atoms with van der Waals surface area (Å²) >= 11 is 0. The maximum atomic E-state index is 14.0. The number of carbonyl (C=O) groups is 2. The van der Waals surface area contributed by atoms with Crippen molar-refractivity contribution in [2.75, 3.05) is 27.4 Å². The number of hydrogen-bond acceptors (Lipinski definition) is 6. The molecule has 3 aliphatic rings. The molecule has 3 heterocycles. The maximum Gasteiger partial charge on any atom is 0.407 e. The Morgan fingerprint density at radius 2 is 1.43 bits per heavy atom. The Hall–Kier alpha value is -4.96. The van der Waals surface area contributed by atoms with E-state index in [1.807, 2.05) is 18.7 Å². The highest BCUT2D eigenvalue weighted by molar-refractivity contribution is 6.07. The number of imidazole rings is 2. The number of alkyl carbamates (subject to hydrolysis) is 1. The van der Waals surface area contributed by atoms with Gasteiger partial charge in [-0.25, -0.2) is 14.8 Å². The zero-order chi connectivity index (χ0) is 35.0. The van der Waals surface area contributed by atoms with Gasteiger partial charge in [0.15, 0.2) is 0 Å². The minimum Gasteiger partial charge on any atom is -0.453 e. The van der Waals surface area contributed by atoms with E-state index in [4.69, 9.17) is 19.4 Å². The van der Waals surface area contributed by atoms with E-state index in [0.29, 0.717) is 25.5 Å². The van der Waals surface area contributed by atoms with E-state index in [1.165, 1.54) is 37.1 Å². The monoisotopic (exact) mass is 684 g/mol. The number of aromatic amines is 2. The number of rotatable bonds is 8. The highest BCUT2D eigenvalue weighted by atomic mass is 16.5. The number of amides is 2. The Labute approximate surface area is 296 Å².